The minimum atomic E-state index is 0.557. The summed E-state index contributed by atoms with van der Waals surface area (Å²) in [5, 5.41) is 4.39. The third-order valence-electron chi connectivity index (χ3n) is 10.7. The first kappa shape index (κ1) is 31.9. The van der Waals surface area contributed by atoms with Crippen molar-refractivity contribution in [2.24, 2.45) is 0 Å². The molecule has 262 valence electrons. The lowest BCUT2D eigenvalue weighted by atomic mass is 9.98. The van der Waals surface area contributed by atoms with E-state index in [1.807, 2.05) is 42.5 Å². The summed E-state index contributed by atoms with van der Waals surface area (Å²) in [4.78, 5) is 15.5. The zero-order valence-electron chi connectivity index (χ0n) is 30.2. The molecule has 11 aromatic rings. The maximum atomic E-state index is 6.48. The molecule has 0 aliphatic heterocycles. The molecule has 0 fully saturated rings. The van der Waals surface area contributed by atoms with E-state index < -0.39 is 0 Å². The fourth-order valence-corrected chi connectivity index (χ4v) is 7.97. The average Bonchev–Trinajstić information content (AvgIpc) is 3.83. The SMILES string of the molecule is c1ccc(-c2cccc(-c3ccc(-c4nc(-c5ccc6c(c5)c5ccccc5n6-c5ccccc5)nc(-c5cccc6c5oc5ccccc56)n4)cc3)c2)cc1. The third-order valence-corrected chi connectivity index (χ3v) is 10.7. The fraction of sp³-hybridized carbons (Fsp3) is 0. The van der Waals surface area contributed by atoms with E-state index >= 15 is 0 Å². The second-order valence-electron chi connectivity index (χ2n) is 14.0. The number of fused-ring (bicyclic) bond motifs is 6. The number of hydrogen-bond donors (Lipinski definition) is 0. The van der Waals surface area contributed by atoms with Crippen LogP contribution in [0.3, 0.4) is 0 Å². The lowest BCUT2D eigenvalue weighted by Gasteiger charge is -2.11. The summed E-state index contributed by atoms with van der Waals surface area (Å²) in [6.45, 7) is 0. The number of aromatic nitrogens is 4. The molecule has 0 bridgehead atoms. The van der Waals surface area contributed by atoms with E-state index in [-0.39, 0.29) is 0 Å². The standard InChI is InChI=1S/C51H32N4O/c1-3-13-33(14-4-1)36-15-11-16-37(31-36)34-25-27-35(28-26-34)49-52-50(54-51(53-49)43-22-12-21-42-41-20-8-10-24-47(41)56-48(42)43)38-29-30-46-44(32-38)40-19-7-9-23-45(40)55(46)39-17-5-2-6-18-39/h1-32H. The van der Waals surface area contributed by atoms with Crippen LogP contribution in [0.1, 0.15) is 0 Å². The Hall–Kier alpha value is -7.63. The maximum Gasteiger partial charge on any atom is 0.167 e. The van der Waals surface area contributed by atoms with E-state index in [9.17, 15) is 0 Å². The molecule has 0 saturated carbocycles. The van der Waals surface area contributed by atoms with Gasteiger partial charge >= 0.3 is 0 Å². The first-order chi connectivity index (χ1) is 27.7. The second kappa shape index (κ2) is 13.0. The van der Waals surface area contributed by atoms with Gasteiger partial charge in [0.1, 0.15) is 11.2 Å². The molecule has 0 spiro atoms. The third kappa shape index (κ3) is 5.37. The quantitative estimate of drug-likeness (QED) is 0.172. The van der Waals surface area contributed by atoms with Gasteiger partial charge in [0.15, 0.2) is 17.5 Å². The average molecular weight is 717 g/mol. The highest BCUT2D eigenvalue weighted by Crippen LogP contribution is 2.38. The van der Waals surface area contributed by atoms with Crippen LogP contribution in [0.4, 0.5) is 0 Å². The number of hydrogen-bond acceptors (Lipinski definition) is 4. The van der Waals surface area contributed by atoms with Crippen molar-refractivity contribution in [1.82, 2.24) is 19.5 Å². The van der Waals surface area contributed by atoms with Gasteiger partial charge in [-0.1, -0.05) is 140 Å². The number of nitrogens with zero attached hydrogens (tertiary/aromatic N) is 4. The van der Waals surface area contributed by atoms with Gasteiger partial charge in [0.2, 0.25) is 0 Å². The molecule has 5 heteroatoms. The van der Waals surface area contributed by atoms with E-state index in [4.69, 9.17) is 19.4 Å². The minimum Gasteiger partial charge on any atom is -0.455 e. The van der Waals surface area contributed by atoms with Gasteiger partial charge in [-0.3, -0.25) is 0 Å². The molecule has 3 heterocycles. The highest BCUT2D eigenvalue weighted by atomic mass is 16.3. The van der Waals surface area contributed by atoms with E-state index in [0.717, 1.165) is 71.9 Å². The molecule has 0 N–H and O–H groups in total. The molecule has 0 atom stereocenters. The predicted octanol–water partition coefficient (Wildman–Crippen LogP) is 13.2. The summed E-state index contributed by atoms with van der Waals surface area (Å²) in [7, 11) is 0. The number of rotatable bonds is 6. The van der Waals surface area contributed by atoms with Crippen LogP contribution in [-0.2, 0) is 0 Å². The van der Waals surface area contributed by atoms with Crippen molar-refractivity contribution < 1.29 is 4.42 Å². The topological polar surface area (TPSA) is 56.7 Å². The Balaban J connectivity index is 1.08. The second-order valence-corrected chi connectivity index (χ2v) is 14.0. The zero-order valence-corrected chi connectivity index (χ0v) is 30.2. The monoisotopic (exact) mass is 716 g/mol. The molecule has 3 aromatic heterocycles. The van der Waals surface area contributed by atoms with Gasteiger partial charge < -0.3 is 8.98 Å². The van der Waals surface area contributed by atoms with Crippen molar-refractivity contribution in [2.45, 2.75) is 0 Å². The van der Waals surface area contributed by atoms with Crippen molar-refractivity contribution >= 4 is 43.7 Å². The fourth-order valence-electron chi connectivity index (χ4n) is 7.97. The Kier molecular flexibility index (Phi) is 7.42. The van der Waals surface area contributed by atoms with E-state index in [1.165, 1.54) is 16.5 Å². The van der Waals surface area contributed by atoms with Crippen LogP contribution in [0.2, 0.25) is 0 Å². The molecular formula is C51H32N4O. The molecule has 0 radical (unpaired) electrons. The maximum absolute atomic E-state index is 6.48. The van der Waals surface area contributed by atoms with Crippen molar-refractivity contribution in [3.63, 3.8) is 0 Å². The molecule has 0 amide bonds. The molecule has 0 saturated heterocycles. The summed E-state index contributed by atoms with van der Waals surface area (Å²) in [6, 6.07) is 67.5. The van der Waals surface area contributed by atoms with Gasteiger partial charge in [0.05, 0.1) is 16.6 Å². The van der Waals surface area contributed by atoms with E-state index in [1.54, 1.807) is 0 Å². The van der Waals surface area contributed by atoms with Crippen molar-refractivity contribution in [3.05, 3.63) is 194 Å². The van der Waals surface area contributed by atoms with Crippen LogP contribution in [0, 0.1) is 0 Å². The first-order valence-corrected chi connectivity index (χ1v) is 18.8. The number of para-hydroxylation sites is 4. The Morgan fingerprint density at radius 1 is 0.339 bits per heavy atom. The summed E-state index contributed by atoms with van der Waals surface area (Å²) >= 11 is 0. The van der Waals surface area contributed by atoms with Crippen LogP contribution >= 0.6 is 0 Å². The van der Waals surface area contributed by atoms with Crippen LogP contribution in [0.25, 0.3) is 106 Å². The number of furan rings is 1. The molecule has 0 aliphatic rings. The smallest absolute Gasteiger partial charge is 0.167 e. The van der Waals surface area contributed by atoms with Gasteiger partial charge in [-0.05, 0) is 76.9 Å². The van der Waals surface area contributed by atoms with Crippen LogP contribution in [-0.4, -0.2) is 19.5 Å². The molecule has 5 nitrogen and oxygen atoms in total. The lowest BCUT2D eigenvalue weighted by molar-refractivity contribution is 0.669. The normalized spacial score (nSPS) is 11.6. The zero-order chi connectivity index (χ0) is 37.0. The van der Waals surface area contributed by atoms with Gasteiger partial charge in [-0.2, -0.15) is 0 Å². The van der Waals surface area contributed by atoms with Gasteiger partial charge in [-0.25, -0.2) is 15.0 Å². The molecule has 0 unspecified atom stereocenters. The van der Waals surface area contributed by atoms with E-state index in [2.05, 4.69) is 156 Å². The Labute approximate surface area is 322 Å². The highest BCUT2D eigenvalue weighted by Gasteiger charge is 2.19. The minimum absolute atomic E-state index is 0.557. The van der Waals surface area contributed by atoms with Crippen molar-refractivity contribution in [2.75, 3.05) is 0 Å². The van der Waals surface area contributed by atoms with Gasteiger partial charge in [0.25, 0.3) is 0 Å². The molecule has 0 aliphatic carbocycles. The Morgan fingerprint density at radius 3 is 1.70 bits per heavy atom. The van der Waals surface area contributed by atoms with Crippen LogP contribution in [0.5, 0.6) is 0 Å². The Morgan fingerprint density at radius 2 is 0.893 bits per heavy atom. The van der Waals surface area contributed by atoms with E-state index in [0.29, 0.717) is 17.5 Å². The summed E-state index contributed by atoms with van der Waals surface area (Å²) < 4.78 is 8.80. The van der Waals surface area contributed by atoms with Crippen molar-refractivity contribution in [3.8, 4) is 62.1 Å². The predicted molar refractivity (Wildman–Crippen MR) is 229 cm³/mol. The highest BCUT2D eigenvalue weighted by molar-refractivity contribution is 6.11. The van der Waals surface area contributed by atoms with Crippen LogP contribution < -0.4 is 0 Å². The van der Waals surface area contributed by atoms with Crippen LogP contribution in [0.15, 0.2) is 199 Å². The molecule has 11 rings (SSSR count). The summed E-state index contributed by atoms with van der Waals surface area (Å²) in [6.07, 6.45) is 0. The Bertz CT molecular complexity index is 3240. The summed E-state index contributed by atoms with van der Waals surface area (Å²) in [5.41, 5.74) is 12.2. The van der Waals surface area contributed by atoms with Gasteiger partial charge in [-0.15, -0.1) is 0 Å². The molecular weight excluding hydrogens is 685 g/mol. The molecule has 8 aromatic carbocycles. The number of benzene rings is 8. The lowest BCUT2D eigenvalue weighted by Crippen LogP contribution is -2.00. The van der Waals surface area contributed by atoms with Gasteiger partial charge in [0, 0.05) is 38.4 Å². The molecule has 56 heavy (non-hydrogen) atoms. The van der Waals surface area contributed by atoms with Crippen molar-refractivity contribution in [1.29, 1.82) is 0 Å². The first-order valence-electron chi connectivity index (χ1n) is 18.8. The largest absolute Gasteiger partial charge is 0.455 e. The summed E-state index contributed by atoms with van der Waals surface area (Å²) in [5.74, 6) is 1.74.